The Morgan fingerprint density at radius 2 is 2.11 bits per heavy atom. The van der Waals surface area contributed by atoms with E-state index in [2.05, 4.69) is 0 Å². The van der Waals surface area contributed by atoms with Gasteiger partial charge in [-0.15, -0.1) is 0 Å². The molecule has 1 rings (SSSR count). The number of rotatable bonds is 6. The highest BCUT2D eigenvalue weighted by Gasteiger charge is 2.26. The van der Waals surface area contributed by atoms with Crippen molar-refractivity contribution in [3.8, 4) is 5.75 Å². The van der Waals surface area contributed by atoms with Gasteiger partial charge in [-0.05, 0) is 26.0 Å². The topological polar surface area (TPSA) is 76.1 Å². The number of hydrogen-bond acceptors (Lipinski definition) is 5. The van der Waals surface area contributed by atoms with E-state index in [1.165, 1.54) is 0 Å². The minimum atomic E-state index is -0.943. The number of esters is 1. The van der Waals surface area contributed by atoms with Gasteiger partial charge in [-0.25, -0.2) is 9.18 Å². The van der Waals surface area contributed by atoms with Crippen LogP contribution in [0.25, 0.3) is 0 Å². The average molecular weight is 271 g/mol. The molecule has 0 atom stereocenters. The van der Waals surface area contributed by atoms with E-state index in [1.807, 2.05) is 0 Å². The Balaban J connectivity index is 3.38. The molecule has 0 aliphatic rings. The Morgan fingerprint density at radius 3 is 2.63 bits per heavy atom. The summed E-state index contributed by atoms with van der Waals surface area (Å²) in [4.78, 5) is 27.5. The number of hydrogen-bond donors (Lipinski definition) is 1. The van der Waals surface area contributed by atoms with Crippen molar-refractivity contribution in [2.45, 2.75) is 13.8 Å². The molecule has 7 heteroatoms. The lowest BCUT2D eigenvalue weighted by Crippen LogP contribution is -2.25. The number of ether oxygens (including phenoxy) is 1. The highest BCUT2D eigenvalue weighted by atomic mass is 19.1. The summed E-state index contributed by atoms with van der Waals surface area (Å²) < 4.78 is 18.5. The largest absolute Gasteiger partial charge is 0.507 e. The van der Waals surface area contributed by atoms with Crippen molar-refractivity contribution in [2.75, 3.05) is 18.3 Å². The van der Waals surface area contributed by atoms with Gasteiger partial charge in [0.25, 0.3) is 0 Å². The lowest BCUT2D eigenvalue weighted by atomic mass is 10.1. The molecule has 0 spiro atoms. The van der Waals surface area contributed by atoms with Gasteiger partial charge in [0.15, 0.2) is 5.82 Å². The van der Waals surface area contributed by atoms with Crippen molar-refractivity contribution in [3.63, 3.8) is 0 Å². The predicted octanol–water partition coefficient (Wildman–Crippen LogP) is 1.62. The molecule has 104 valence electrons. The predicted molar refractivity (Wildman–Crippen MR) is 64.2 cm³/mol. The molecule has 0 saturated heterocycles. The van der Waals surface area contributed by atoms with Crippen molar-refractivity contribution in [1.29, 1.82) is 0 Å². The number of benzene rings is 1. The first-order valence-corrected chi connectivity index (χ1v) is 5.62. The van der Waals surface area contributed by atoms with Crippen LogP contribution in [0.4, 0.5) is 10.1 Å². The van der Waals surface area contributed by atoms with Gasteiger partial charge in [0.2, 0.25) is 6.41 Å². The number of amides is 1. The van der Waals surface area contributed by atoms with Crippen LogP contribution in [0.3, 0.4) is 0 Å². The lowest BCUT2D eigenvalue weighted by molar-refractivity contribution is -0.113. The number of nitrogens with zero attached hydrogens (tertiary/aromatic N) is 1. The highest BCUT2D eigenvalue weighted by molar-refractivity contribution is 6.00. The summed E-state index contributed by atoms with van der Waals surface area (Å²) in [5.41, 5.74) is -0.933. The van der Waals surface area contributed by atoms with E-state index in [0.29, 0.717) is 5.06 Å². The number of carbonyl (C=O) groups excluding carboxylic acids is 2. The molecular formula is C12H14FNO5. The fraction of sp³-hybridized carbons (Fsp3) is 0.333. The average Bonchev–Trinajstić information content (AvgIpc) is 2.39. The van der Waals surface area contributed by atoms with E-state index >= 15 is 0 Å². The van der Waals surface area contributed by atoms with Crippen molar-refractivity contribution < 1.29 is 28.7 Å². The van der Waals surface area contributed by atoms with Crippen LogP contribution in [0, 0.1) is 5.82 Å². The van der Waals surface area contributed by atoms with Crippen molar-refractivity contribution >= 4 is 18.1 Å². The van der Waals surface area contributed by atoms with Gasteiger partial charge in [-0.2, -0.15) is 5.06 Å². The van der Waals surface area contributed by atoms with Gasteiger partial charge in [-0.3, -0.25) is 9.63 Å². The number of phenols is 1. The zero-order valence-corrected chi connectivity index (χ0v) is 10.6. The molecule has 1 amide bonds. The first-order chi connectivity index (χ1) is 9.06. The SMILES string of the molecule is CCOC(=O)c1c(O)ccc(F)c1N(C=O)OCC. The standard InChI is InChI=1S/C12H14FNO5/c1-3-18-12(17)10-9(16)6-5-8(13)11(10)14(7-15)19-4-2/h5-7,16H,3-4H2,1-2H3. The van der Waals surface area contributed by atoms with Crippen LogP contribution in [-0.4, -0.2) is 30.7 Å². The molecule has 19 heavy (non-hydrogen) atoms. The third-order valence-corrected chi connectivity index (χ3v) is 2.17. The summed E-state index contributed by atoms with van der Waals surface area (Å²) in [6.07, 6.45) is 0.198. The normalized spacial score (nSPS) is 10.1. The first kappa shape index (κ1) is 14.9. The summed E-state index contributed by atoms with van der Waals surface area (Å²) in [5, 5.41) is 10.2. The Bertz CT molecular complexity index is 477. The van der Waals surface area contributed by atoms with Crippen LogP contribution < -0.4 is 5.06 Å². The molecule has 0 radical (unpaired) electrons. The van der Waals surface area contributed by atoms with E-state index in [4.69, 9.17) is 9.57 Å². The van der Waals surface area contributed by atoms with Crippen molar-refractivity contribution in [1.82, 2.24) is 0 Å². The smallest absolute Gasteiger partial charge is 0.344 e. The number of aromatic hydroxyl groups is 1. The van der Waals surface area contributed by atoms with E-state index in [9.17, 15) is 19.1 Å². The Kier molecular flexibility index (Phi) is 5.25. The summed E-state index contributed by atoms with van der Waals surface area (Å²) >= 11 is 0. The van der Waals surface area contributed by atoms with Crippen molar-refractivity contribution in [2.24, 2.45) is 0 Å². The third-order valence-electron chi connectivity index (χ3n) is 2.17. The molecule has 6 nitrogen and oxygen atoms in total. The van der Waals surface area contributed by atoms with Gasteiger partial charge in [0.1, 0.15) is 17.0 Å². The maximum atomic E-state index is 13.8. The van der Waals surface area contributed by atoms with Gasteiger partial charge in [0.05, 0.1) is 13.2 Å². The molecule has 0 saturated carbocycles. The number of phenolic OH excluding ortho intramolecular Hbond substituents is 1. The van der Waals surface area contributed by atoms with E-state index < -0.39 is 28.8 Å². The monoisotopic (exact) mass is 271 g/mol. The number of anilines is 1. The zero-order valence-electron chi connectivity index (χ0n) is 10.6. The molecule has 0 unspecified atom stereocenters. The molecule has 0 bridgehead atoms. The quantitative estimate of drug-likeness (QED) is 0.483. The van der Waals surface area contributed by atoms with Crippen LogP contribution >= 0.6 is 0 Å². The fourth-order valence-electron chi connectivity index (χ4n) is 1.46. The Labute approximate surface area is 109 Å². The second-order valence-corrected chi connectivity index (χ2v) is 3.36. The summed E-state index contributed by atoms with van der Waals surface area (Å²) in [7, 11) is 0. The summed E-state index contributed by atoms with van der Waals surface area (Å²) in [6.45, 7) is 3.27. The molecule has 0 aliphatic carbocycles. The molecule has 0 fully saturated rings. The Morgan fingerprint density at radius 1 is 1.42 bits per heavy atom. The minimum absolute atomic E-state index is 0.0456. The molecule has 1 N–H and O–H groups in total. The zero-order chi connectivity index (χ0) is 14.4. The maximum absolute atomic E-state index is 13.8. The third kappa shape index (κ3) is 3.19. The van der Waals surface area contributed by atoms with Crippen LogP contribution in [0.5, 0.6) is 5.75 Å². The highest BCUT2D eigenvalue weighted by Crippen LogP contribution is 2.32. The maximum Gasteiger partial charge on any atom is 0.344 e. The first-order valence-electron chi connectivity index (χ1n) is 5.62. The summed E-state index contributed by atoms with van der Waals surface area (Å²) in [6, 6.07) is 1.92. The van der Waals surface area contributed by atoms with Crippen LogP contribution in [0.1, 0.15) is 24.2 Å². The molecular weight excluding hydrogens is 257 g/mol. The van der Waals surface area contributed by atoms with Gasteiger partial charge in [-0.1, -0.05) is 0 Å². The van der Waals surface area contributed by atoms with Crippen LogP contribution in [0.15, 0.2) is 12.1 Å². The second kappa shape index (κ2) is 6.69. The van der Waals surface area contributed by atoms with Gasteiger partial charge < -0.3 is 9.84 Å². The van der Waals surface area contributed by atoms with E-state index in [-0.39, 0.29) is 19.6 Å². The molecule has 0 aliphatic heterocycles. The summed E-state index contributed by atoms with van der Waals surface area (Å²) in [5.74, 6) is -2.33. The van der Waals surface area contributed by atoms with Crippen LogP contribution in [-0.2, 0) is 14.4 Å². The number of hydroxylamine groups is 1. The molecule has 1 aromatic rings. The van der Waals surface area contributed by atoms with Crippen molar-refractivity contribution in [3.05, 3.63) is 23.5 Å². The van der Waals surface area contributed by atoms with E-state index in [0.717, 1.165) is 12.1 Å². The lowest BCUT2D eigenvalue weighted by Gasteiger charge is -2.19. The fourth-order valence-corrected chi connectivity index (χ4v) is 1.46. The van der Waals surface area contributed by atoms with E-state index in [1.54, 1.807) is 13.8 Å². The second-order valence-electron chi connectivity index (χ2n) is 3.36. The molecule has 1 aromatic carbocycles. The molecule has 0 aromatic heterocycles. The van der Waals surface area contributed by atoms with Crippen LogP contribution in [0.2, 0.25) is 0 Å². The Hall–Kier alpha value is -2.15. The van der Waals surface area contributed by atoms with Gasteiger partial charge in [0, 0.05) is 0 Å². The molecule has 0 heterocycles. The number of carbonyl (C=O) groups is 2. The minimum Gasteiger partial charge on any atom is -0.507 e. The number of halogens is 1. The van der Waals surface area contributed by atoms with Gasteiger partial charge >= 0.3 is 5.97 Å².